The fourth-order valence-corrected chi connectivity index (χ4v) is 3.80. The second-order valence-electron chi connectivity index (χ2n) is 8.14. The van der Waals surface area contributed by atoms with Gasteiger partial charge in [-0.25, -0.2) is 0 Å². The molecule has 0 amide bonds. The van der Waals surface area contributed by atoms with E-state index in [4.69, 9.17) is 9.16 Å². The zero-order chi connectivity index (χ0) is 17.8. The Hall–Kier alpha value is -0.723. The van der Waals surface area contributed by atoms with E-state index < -0.39 is 14.4 Å². The van der Waals surface area contributed by atoms with Crippen molar-refractivity contribution >= 4 is 8.32 Å². The third-order valence-electron chi connectivity index (χ3n) is 5.37. The van der Waals surface area contributed by atoms with E-state index in [1.807, 2.05) is 18.2 Å². The fraction of sp³-hybridized carbons (Fsp3) is 0.684. The molecule has 1 aromatic carbocycles. The topological polar surface area (TPSA) is 41.9 Å². The molecule has 1 N–H and O–H groups in total. The molecule has 1 saturated heterocycles. The van der Waals surface area contributed by atoms with Crippen LogP contribution in [0, 0.1) is 0 Å². The number of morpholine rings is 1. The molecule has 0 aliphatic carbocycles. The van der Waals surface area contributed by atoms with Crippen molar-refractivity contribution in [2.75, 3.05) is 32.9 Å². The summed E-state index contributed by atoms with van der Waals surface area (Å²) in [5, 5.41) is 11.1. The second-order valence-corrected chi connectivity index (χ2v) is 13.0. The summed E-state index contributed by atoms with van der Waals surface area (Å²) >= 11 is 0. The first-order valence-corrected chi connectivity index (χ1v) is 11.8. The van der Waals surface area contributed by atoms with Crippen molar-refractivity contribution < 1.29 is 14.3 Å². The first-order valence-electron chi connectivity index (χ1n) is 8.91. The van der Waals surface area contributed by atoms with E-state index in [-0.39, 0.29) is 11.1 Å². The van der Waals surface area contributed by atoms with Crippen LogP contribution in [-0.4, -0.2) is 57.3 Å². The molecule has 0 bridgehead atoms. The minimum atomic E-state index is -1.87. The average Bonchev–Trinajstić information content (AvgIpc) is 2.54. The highest BCUT2D eigenvalue weighted by Gasteiger charge is 2.39. The number of ether oxygens (including phenoxy) is 1. The van der Waals surface area contributed by atoms with Crippen LogP contribution < -0.4 is 0 Å². The van der Waals surface area contributed by atoms with E-state index in [2.05, 4.69) is 50.9 Å². The molecule has 0 unspecified atom stereocenters. The summed E-state index contributed by atoms with van der Waals surface area (Å²) in [6.45, 7) is 14.6. The molecule has 0 aromatic heterocycles. The van der Waals surface area contributed by atoms with Gasteiger partial charge in [0.05, 0.1) is 32.0 Å². The van der Waals surface area contributed by atoms with Gasteiger partial charge in [-0.3, -0.25) is 4.90 Å². The smallest absolute Gasteiger partial charge is 0.192 e. The van der Waals surface area contributed by atoms with Gasteiger partial charge in [0.25, 0.3) is 0 Å². The molecule has 24 heavy (non-hydrogen) atoms. The maximum absolute atomic E-state index is 11.0. The van der Waals surface area contributed by atoms with Crippen molar-refractivity contribution in [3.05, 3.63) is 35.9 Å². The molecule has 1 aromatic rings. The summed E-state index contributed by atoms with van der Waals surface area (Å²) in [7, 11) is -1.87. The molecular weight excluding hydrogens is 318 g/mol. The lowest BCUT2D eigenvalue weighted by Crippen LogP contribution is -2.47. The van der Waals surface area contributed by atoms with Crippen molar-refractivity contribution in [1.29, 1.82) is 0 Å². The monoisotopic (exact) mass is 351 g/mol. The standard InChI is InChI=1S/C19H33NO3Si/c1-19(2,3)24(4,5)23-15-17(21)18(16-9-7-6-8-10-16)20-11-13-22-14-12-20/h6-10,17-18,21H,11-15H2,1-5H3/t17-,18+/m0/s1. The number of hydrogen-bond acceptors (Lipinski definition) is 4. The van der Waals surface area contributed by atoms with Crippen LogP contribution in [0.25, 0.3) is 0 Å². The average molecular weight is 352 g/mol. The first-order chi connectivity index (χ1) is 11.2. The molecule has 1 aliphatic rings. The molecular formula is C19H33NO3Si. The Morgan fingerprint density at radius 2 is 1.75 bits per heavy atom. The van der Waals surface area contributed by atoms with Gasteiger partial charge in [0.2, 0.25) is 0 Å². The minimum Gasteiger partial charge on any atom is -0.414 e. The van der Waals surface area contributed by atoms with Gasteiger partial charge in [-0.1, -0.05) is 51.1 Å². The van der Waals surface area contributed by atoms with Crippen LogP contribution in [0.15, 0.2) is 30.3 Å². The second kappa shape index (κ2) is 8.10. The lowest BCUT2D eigenvalue weighted by molar-refractivity contribution is -0.0362. The summed E-state index contributed by atoms with van der Waals surface area (Å²) in [4.78, 5) is 2.32. The quantitative estimate of drug-likeness (QED) is 0.797. The molecule has 0 saturated carbocycles. The summed E-state index contributed by atoms with van der Waals surface area (Å²) in [6.07, 6.45) is -0.542. The lowest BCUT2D eigenvalue weighted by atomic mass is 9.99. The fourth-order valence-electron chi connectivity index (χ4n) is 2.78. The van der Waals surface area contributed by atoms with Crippen LogP contribution in [0.4, 0.5) is 0 Å². The Morgan fingerprint density at radius 3 is 2.29 bits per heavy atom. The molecule has 5 heteroatoms. The van der Waals surface area contributed by atoms with E-state index in [0.29, 0.717) is 6.61 Å². The van der Waals surface area contributed by atoms with Crippen molar-refractivity contribution in [3.63, 3.8) is 0 Å². The number of hydrogen-bond donors (Lipinski definition) is 1. The third kappa shape index (κ3) is 4.89. The zero-order valence-corrected chi connectivity index (χ0v) is 16.8. The van der Waals surface area contributed by atoms with Crippen LogP contribution in [-0.2, 0) is 9.16 Å². The minimum absolute atomic E-state index is 0.0418. The third-order valence-corrected chi connectivity index (χ3v) is 9.87. The van der Waals surface area contributed by atoms with E-state index in [1.165, 1.54) is 0 Å². The molecule has 1 heterocycles. The number of benzene rings is 1. The van der Waals surface area contributed by atoms with Gasteiger partial charge in [0.15, 0.2) is 8.32 Å². The number of aliphatic hydroxyl groups is 1. The Balaban J connectivity index is 2.11. The summed E-state index contributed by atoms with van der Waals surface area (Å²) < 4.78 is 11.8. The van der Waals surface area contributed by atoms with E-state index >= 15 is 0 Å². The highest BCUT2D eigenvalue weighted by Crippen LogP contribution is 2.37. The molecule has 136 valence electrons. The lowest BCUT2D eigenvalue weighted by Gasteiger charge is -2.40. The van der Waals surface area contributed by atoms with Crippen LogP contribution in [0.1, 0.15) is 32.4 Å². The Kier molecular flexibility index (Phi) is 6.62. The predicted octanol–water partition coefficient (Wildman–Crippen LogP) is 3.44. The van der Waals surface area contributed by atoms with Gasteiger partial charge in [0.1, 0.15) is 0 Å². The van der Waals surface area contributed by atoms with Gasteiger partial charge in [-0.2, -0.15) is 0 Å². The normalized spacial score (nSPS) is 19.9. The SMILES string of the molecule is CC(C)(C)[Si](C)(C)OC[C@H](O)[C@@H](c1ccccc1)N1CCOCC1. The van der Waals surface area contributed by atoms with Gasteiger partial charge in [0, 0.05) is 13.1 Å². The van der Waals surface area contributed by atoms with Crippen LogP contribution in [0.2, 0.25) is 18.1 Å². The largest absolute Gasteiger partial charge is 0.414 e. The number of aliphatic hydroxyl groups excluding tert-OH is 1. The van der Waals surface area contributed by atoms with Crippen molar-refractivity contribution in [2.24, 2.45) is 0 Å². The molecule has 0 spiro atoms. The highest BCUT2D eigenvalue weighted by molar-refractivity contribution is 6.74. The van der Waals surface area contributed by atoms with Gasteiger partial charge in [-0.15, -0.1) is 0 Å². The maximum atomic E-state index is 11.0. The van der Waals surface area contributed by atoms with E-state index in [0.717, 1.165) is 31.9 Å². The molecule has 1 fully saturated rings. The molecule has 4 nitrogen and oxygen atoms in total. The summed E-state index contributed by atoms with van der Waals surface area (Å²) in [5.41, 5.74) is 1.14. The number of rotatable bonds is 6. The summed E-state index contributed by atoms with van der Waals surface area (Å²) in [6, 6.07) is 10.2. The first kappa shape index (κ1) is 19.6. The molecule has 0 radical (unpaired) electrons. The van der Waals surface area contributed by atoms with E-state index in [9.17, 15) is 5.11 Å². The van der Waals surface area contributed by atoms with Crippen LogP contribution >= 0.6 is 0 Å². The Morgan fingerprint density at radius 1 is 1.17 bits per heavy atom. The highest BCUT2D eigenvalue weighted by atomic mass is 28.4. The Labute approximate surface area is 147 Å². The predicted molar refractivity (Wildman–Crippen MR) is 101 cm³/mol. The van der Waals surface area contributed by atoms with Crippen molar-refractivity contribution in [1.82, 2.24) is 4.90 Å². The number of nitrogens with zero attached hydrogens (tertiary/aromatic N) is 1. The van der Waals surface area contributed by atoms with Gasteiger partial charge in [-0.05, 0) is 23.7 Å². The van der Waals surface area contributed by atoms with Crippen molar-refractivity contribution in [2.45, 2.75) is 51.0 Å². The molecule has 1 aliphatic heterocycles. The maximum Gasteiger partial charge on any atom is 0.192 e. The van der Waals surface area contributed by atoms with Gasteiger partial charge < -0.3 is 14.3 Å². The molecule has 2 atom stereocenters. The van der Waals surface area contributed by atoms with Gasteiger partial charge >= 0.3 is 0 Å². The summed E-state index contributed by atoms with van der Waals surface area (Å²) in [5.74, 6) is 0. The Bertz CT molecular complexity index is 495. The van der Waals surface area contributed by atoms with Crippen LogP contribution in [0.3, 0.4) is 0 Å². The van der Waals surface area contributed by atoms with Crippen LogP contribution in [0.5, 0.6) is 0 Å². The molecule has 2 rings (SSSR count). The van der Waals surface area contributed by atoms with Crippen molar-refractivity contribution in [3.8, 4) is 0 Å². The zero-order valence-electron chi connectivity index (χ0n) is 15.8. The van der Waals surface area contributed by atoms with E-state index in [1.54, 1.807) is 0 Å².